The van der Waals surface area contributed by atoms with Gasteiger partial charge in [-0.05, 0) is 35.0 Å². The van der Waals surface area contributed by atoms with E-state index in [1.54, 1.807) is 24.3 Å². The summed E-state index contributed by atoms with van der Waals surface area (Å²) in [5.74, 6) is -1.42. The molecule has 19 heavy (non-hydrogen) atoms. The van der Waals surface area contributed by atoms with Crippen molar-refractivity contribution >= 4 is 27.8 Å². The maximum atomic E-state index is 11.4. The molecule has 0 heterocycles. The number of carboxylic acid groups (broad SMARTS) is 1. The van der Waals surface area contributed by atoms with Gasteiger partial charge in [-0.3, -0.25) is 4.79 Å². The Kier molecular flexibility index (Phi) is 5.31. The molecule has 1 rings (SSSR count). The quantitative estimate of drug-likeness (QED) is 0.715. The first kappa shape index (κ1) is 15.5. The average molecular weight is 332 g/mol. The Labute approximate surface area is 118 Å². The molecule has 0 radical (unpaired) electrons. The molecule has 0 bridgehead atoms. The zero-order chi connectivity index (χ0) is 14.5. The second kappa shape index (κ2) is 6.53. The van der Waals surface area contributed by atoms with Crippen molar-refractivity contribution in [1.29, 1.82) is 0 Å². The summed E-state index contributed by atoms with van der Waals surface area (Å²) in [4.78, 5) is 22.1. The zero-order valence-electron chi connectivity index (χ0n) is 10.2. The third-order valence-electron chi connectivity index (χ3n) is 2.29. The van der Waals surface area contributed by atoms with Gasteiger partial charge in [0.05, 0.1) is 11.0 Å². The van der Waals surface area contributed by atoms with Crippen LogP contribution in [0.15, 0.2) is 28.7 Å². The fraction of sp³-hybridized carbons (Fsp3) is 0.333. The molecule has 0 aliphatic carbocycles. The Bertz CT molecular complexity index is 475. The van der Waals surface area contributed by atoms with E-state index >= 15 is 0 Å². The number of aliphatic carboxylic acids is 1. The number of rotatable bonds is 6. The van der Waals surface area contributed by atoms with E-state index in [1.807, 2.05) is 0 Å². The summed E-state index contributed by atoms with van der Waals surface area (Å²) < 4.78 is 5.94. The highest BCUT2D eigenvalue weighted by molar-refractivity contribution is 9.10. The van der Waals surface area contributed by atoms with Gasteiger partial charge in [0.2, 0.25) is 0 Å². The number of amides is 1. The average Bonchev–Trinajstić information content (AvgIpc) is 2.35. The second-order valence-electron chi connectivity index (χ2n) is 4.07. The van der Waals surface area contributed by atoms with Crippen molar-refractivity contribution < 1.29 is 24.5 Å². The Morgan fingerprint density at radius 1 is 1.42 bits per heavy atom. The maximum Gasteiger partial charge on any atom is 0.337 e. The first-order valence-electron chi connectivity index (χ1n) is 5.43. The predicted molar refractivity (Wildman–Crippen MR) is 70.9 cm³/mol. The van der Waals surface area contributed by atoms with E-state index in [2.05, 4.69) is 21.2 Å². The van der Waals surface area contributed by atoms with Gasteiger partial charge >= 0.3 is 5.97 Å². The van der Waals surface area contributed by atoms with E-state index < -0.39 is 17.5 Å². The van der Waals surface area contributed by atoms with Crippen LogP contribution in [-0.2, 0) is 9.59 Å². The molecule has 6 nitrogen and oxygen atoms in total. The third-order valence-corrected chi connectivity index (χ3v) is 2.94. The molecule has 0 aliphatic rings. The first-order chi connectivity index (χ1) is 8.83. The number of ether oxygens (including phenoxy) is 1. The zero-order valence-corrected chi connectivity index (χ0v) is 11.8. The molecule has 0 aliphatic heterocycles. The number of halogens is 1. The van der Waals surface area contributed by atoms with Crippen LogP contribution < -0.4 is 10.1 Å². The first-order valence-corrected chi connectivity index (χ1v) is 6.22. The van der Waals surface area contributed by atoms with Gasteiger partial charge in [-0.25, -0.2) is 4.79 Å². The molecule has 1 aromatic carbocycles. The number of carboxylic acids is 1. The van der Waals surface area contributed by atoms with Gasteiger partial charge in [0, 0.05) is 0 Å². The molecule has 1 unspecified atom stereocenters. The standard InChI is InChI=1S/C12H14BrNO5/c1-12(18,11(16)17)7-14-10(15)6-19-9-5-3-2-4-8(9)13/h2-5,18H,6-7H2,1H3,(H,14,15)(H,16,17). The number of hydrogen-bond acceptors (Lipinski definition) is 4. The molecule has 1 amide bonds. The number of para-hydroxylation sites is 1. The van der Waals surface area contributed by atoms with Crippen LogP contribution in [0.4, 0.5) is 0 Å². The predicted octanol–water partition coefficient (Wildman–Crippen LogP) is 0.780. The molecule has 1 aromatic rings. The van der Waals surface area contributed by atoms with Crippen LogP contribution in [-0.4, -0.2) is 40.8 Å². The van der Waals surface area contributed by atoms with Gasteiger partial charge in [-0.15, -0.1) is 0 Å². The lowest BCUT2D eigenvalue weighted by Gasteiger charge is -2.18. The van der Waals surface area contributed by atoms with Crippen LogP contribution in [0.25, 0.3) is 0 Å². The SMILES string of the molecule is CC(O)(CNC(=O)COc1ccccc1Br)C(=O)O. The van der Waals surface area contributed by atoms with Crippen LogP contribution in [0.3, 0.4) is 0 Å². The van der Waals surface area contributed by atoms with Gasteiger partial charge in [0.15, 0.2) is 12.2 Å². The van der Waals surface area contributed by atoms with Crippen LogP contribution in [0.5, 0.6) is 5.75 Å². The number of carbonyl (C=O) groups excluding carboxylic acids is 1. The minimum absolute atomic E-state index is 0.266. The van der Waals surface area contributed by atoms with Crippen LogP contribution >= 0.6 is 15.9 Å². The molecule has 0 aromatic heterocycles. The highest BCUT2D eigenvalue weighted by Crippen LogP contribution is 2.23. The van der Waals surface area contributed by atoms with Crippen LogP contribution in [0.2, 0.25) is 0 Å². The maximum absolute atomic E-state index is 11.4. The third kappa shape index (κ3) is 4.88. The number of aliphatic hydroxyl groups is 1. The fourth-order valence-corrected chi connectivity index (χ4v) is 1.50. The Morgan fingerprint density at radius 2 is 2.05 bits per heavy atom. The van der Waals surface area contributed by atoms with Gasteiger partial charge in [-0.1, -0.05) is 12.1 Å². The molecule has 7 heteroatoms. The van der Waals surface area contributed by atoms with E-state index in [1.165, 1.54) is 0 Å². The molecular weight excluding hydrogens is 318 g/mol. The number of benzene rings is 1. The minimum Gasteiger partial charge on any atom is -0.483 e. The minimum atomic E-state index is -2.00. The summed E-state index contributed by atoms with van der Waals surface area (Å²) in [7, 11) is 0. The summed E-state index contributed by atoms with van der Waals surface area (Å²) in [5, 5.41) is 20.4. The Morgan fingerprint density at radius 3 is 2.63 bits per heavy atom. The van der Waals surface area contributed by atoms with E-state index in [-0.39, 0.29) is 13.2 Å². The Balaban J connectivity index is 2.41. The molecule has 0 fully saturated rings. The van der Waals surface area contributed by atoms with E-state index in [4.69, 9.17) is 9.84 Å². The molecule has 0 saturated carbocycles. The lowest BCUT2D eigenvalue weighted by atomic mass is 10.1. The molecule has 1 atom stereocenters. The van der Waals surface area contributed by atoms with E-state index in [0.29, 0.717) is 10.2 Å². The smallest absolute Gasteiger partial charge is 0.337 e. The number of carbonyl (C=O) groups is 2. The van der Waals surface area contributed by atoms with Crippen molar-refractivity contribution in [2.24, 2.45) is 0 Å². The molecule has 104 valence electrons. The molecule has 3 N–H and O–H groups in total. The van der Waals surface area contributed by atoms with Crippen molar-refractivity contribution in [1.82, 2.24) is 5.32 Å². The second-order valence-corrected chi connectivity index (χ2v) is 4.93. The highest BCUT2D eigenvalue weighted by Gasteiger charge is 2.30. The summed E-state index contributed by atoms with van der Waals surface area (Å²) in [6.07, 6.45) is 0. The van der Waals surface area contributed by atoms with Crippen molar-refractivity contribution in [3.63, 3.8) is 0 Å². The Hall–Kier alpha value is -1.60. The van der Waals surface area contributed by atoms with Gasteiger partial charge in [0.25, 0.3) is 5.91 Å². The van der Waals surface area contributed by atoms with Crippen molar-refractivity contribution in [2.45, 2.75) is 12.5 Å². The van der Waals surface area contributed by atoms with E-state index in [9.17, 15) is 14.7 Å². The number of nitrogens with one attached hydrogen (secondary N) is 1. The summed E-state index contributed by atoms with van der Waals surface area (Å²) in [6.45, 7) is 0.447. The normalized spacial score (nSPS) is 13.4. The van der Waals surface area contributed by atoms with Crippen molar-refractivity contribution in [3.8, 4) is 5.75 Å². The summed E-state index contributed by atoms with van der Waals surface area (Å²) in [5.41, 5.74) is -2.00. The van der Waals surface area contributed by atoms with E-state index in [0.717, 1.165) is 6.92 Å². The van der Waals surface area contributed by atoms with Gasteiger partial charge < -0.3 is 20.3 Å². The largest absolute Gasteiger partial charge is 0.483 e. The number of hydrogen-bond donors (Lipinski definition) is 3. The fourth-order valence-electron chi connectivity index (χ4n) is 1.10. The highest BCUT2D eigenvalue weighted by atomic mass is 79.9. The van der Waals surface area contributed by atoms with Crippen LogP contribution in [0, 0.1) is 0 Å². The van der Waals surface area contributed by atoms with Gasteiger partial charge in [-0.2, -0.15) is 0 Å². The van der Waals surface area contributed by atoms with Crippen LogP contribution in [0.1, 0.15) is 6.92 Å². The molecule has 0 spiro atoms. The summed E-state index contributed by atoms with van der Waals surface area (Å²) in [6, 6.07) is 7.02. The monoisotopic (exact) mass is 331 g/mol. The van der Waals surface area contributed by atoms with Crippen molar-refractivity contribution in [2.75, 3.05) is 13.2 Å². The molecule has 0 saturated heterocycles. The molecular formula is C12H14BrNO5. The lowest BCUT2D eigenvalue weighted by Crippen LogP contribution is -2.47. The van der Waals surface area contributed by atoms with Gasteiger partial charge in [0.1, 0.15) is 5.75 Å². The lowest BCUT2D eigenvalue weighted by molar-refractivity contribution is -0.156. The topological polar surface area (TPSA) is 95.9 Å². The summed E-state index contributed by atoms with van der Waals surface area (Å²) >= 11 is 3.26. The van der Waals surface area contributed by atoms with Crippen molar-refractivity contribution in [3.05, 3.63) is 28.7 Å².